The number of likely N-dealkylation sites (tertiary alicyclic amines) is 1. The number of nitrogens with one attached hydrogen (secondary N) is 1. The van der Waals surface area contributed by atoms with Gasteiger partial charge >= 0.3 is 0 Å². The Balaban J connectivity index is 1.75. The van der Waals surface area contributed by atoms with Crippen LogP contribution in [0, 0.1) is 5.92 Å². The number of para-hydroxylation sites is 1. The van der Waals surface area contributed by atoms with Crippen molar-refractivity contribution in [1.29, 1.82) is 0 Å². The van der Waals surface area contributed by atoms with Crippen LogP contribution < -0.4 is 5.32 Å². The number of hydrogen-bond donors (Lipinski definition) is 1. The number of piperidine rings is 1. The number of nitrogens with zero attached hydrogens (tertiary/aromatic N) is 1. The Morgan fingerprint density at radius 1 is 1.20 bits per heavy atom. The fraction of sp³-hybridized carbons (Fsp3) is 0.588. The van der Waals surface area contributed by atoms with Gasteiger partial charge < -0.3 is 10.2 Å². The molecular weight excluding hydrogens is 248 g/mol. The Bertz CT molecular complexity index is 490. The molecule has 3 rings (SSSR count). The number of fused-ring (bicyclic) bond motifs is 1. The molecule has 1 saturated heterocycles. The molecule has 1 unspecified atom stereocenters. The molecule has 1 aromatic carbocycles. The van der Waals surface area contributed by atoms with Gasteiger partial charge in [-0.2, -0.15) is 0 Å². The van der Waals surface area contributed by atoms with Crippen molar-refractivity contribution < 1.29 is 4.79 Å². The lowest BCUT2D eigenvalue weighted by Gasteiger charge is -2.41. The second-order valence-electron chi connectivity index (χ2n) is 6.31. The average Bonchev–Trinajstić information content (AvgIpc) is 2.46. The molecule has 20 heavy (non-hydrogen) atoms. The van der Waals surface area contributed by atoms with Crippen LogP contribution in [0.2, 0.25) is 0 Å². The lowest BCUT2D eigenvalue weighted by molar-refractivity contribution is -0.141. The summed E-state index contributed by atoms with van der Waals surface area (Å²) in [4.78, 5) is 15.0. The third kappa shape index (κ3) is 2.41. The highest BCUT2D eigenvalue weighted by atomic mass is 16.2. The van der Waals surface area contributed by atoms with Gasteiger partial charge in [-0.05, 0) is 51.2 Å². The lowest BCUT2D eigenvalue weighted by atomic mass is 9.89. The van der Waals surface area contributed by atoms with Crippen molar-refractivity contribution in [1.82, 2.24) is 4.90 Å². The second-order valence-corrected chi connectivity index (χ2v) is 6.31. The molecule has 1 N–H and O–H groups in total. The molecule has 0 bridgehead atoms. The molecule has 2 aliphatic heterocycles. The highest BCUT2D eigenvalue weighted by Gasteiger charge is 2.34. The first kappa shape index (κ1) is 13.5. The summed E-state index contributed by atoms with van der Waals surface area (Å²) in [6.45, 7) is 5.15. The quantitative estimate of drug-likeness (QED) is 0.852. The van der Waals surface area contributed by atoms with E-state index >= 15 is 0 Å². The van der Waals surface area contributed by atoms with Gasteiger partial charge in [0.15, 0.2) is 0 Å². The van der Waals surface area contributed by atoms with Gasteiger partial charge in [0.05, 0.1) is 5.92 Å². The van der Waals surface area contributed by atoms with Crippen LogP contribution in [0.15, 0.2) is 24.3 Å². The molecule has 108 valence electrons. The maximum Gasteiger partial charge on any atom is 0.228 e. The van der Waals surface area contributed by atoms with Gasteiger partial charge in [0.2, 0.25) is 5.91 Å². The van der Waals surface area contributed by atoms with Crippen LogP contribution in [0.3, 0.4) is 0 Å². The van der Waals surface area contributed by atoms with Crippen LogP contribution in [0.25, 0.3) is 0 Å². The number of rotatable bonds is 1. The fourth-order valence-electron chi connectivity index (χ4n) is 3.68. The van der Waals surface area contributed by atoms with Crippen LogP contribution in [-0.4, -0.2) is 29.4 Å². The number of carbonyl (C=O) groups excluding carboxylic acids is 1. The van der Waals surface area contributed by atoms with E-state index in [0.29, 0.717) is 18.0 Å². The van der Waals surface area contributed by atoms with Gasteiger partial charge in [0.1, 0.15) is 0 Å². The van der Waals surface area contributed by atoms with E-state index in [-0.39, 0.29) is 5.92 Å². The average molecular weight is 272 g/mol. The molecule has 1 fully saturated rings. The zero-order valence-corrected chi connectivity index (χ0v) is 12.4. The van der Waals surface area contributed by atoms with Crippen LogP contribution in [0.4, 0.5) is 5.69 Å². The van der Waals surface area contributed by atoms with Gasteiger partial charge in [-0.15, -0.1) is 0 Å². The lowest BCUT2D eigenvalue weighted by Crippen LogP contribution is -2.51. The van der Waals surface area contributed by atoms with Crippen molar-refractivity contribution >= 4 is 11.6 Å². The number of anilines is 1. The topological polar surface area (TPSA) is 32.3 Å². The minimum atomic E-state index is 0.0906. The minimum absolute atomic E-state index is 0.0906. The van der Waals surface area contributed by atoms with E-state index in [0.717, 1.165) is 25.8 Å². The number of benzene rings is 1. The molecule has 1 amide bonds. The van der Waals surface area contributed by atoms with Crippen molar-refractivity contribution in [2.75, 3.05) is 11.9 Å². The zero-order valence-electron chi connectivity index (χ0n) is 12.4. The highest BCUT2D eigenvalue weighted by Crippen LogP contribution is 2.29. The SMILES string of the molecule is C[C@@H]1CCC[C@H](C)N1C(=O)C1CNc2ccccc2C1. The first-order valence-electron chi connectivity index (χ1n) is 7.80. The second kappa shape index (κ2) is 5.47. The number of carbonyl (C=O) groups is 1. The molecule has 1 aromatic rings. The van der Waals surface area contributed by atoms with Crippen molar-refractivity contribution in [2.24, 2.45) is 5.92 Å². The molecular formula is C17H24N2O. The summed E-state index contributed by atoms with van der Waals surface area (Å²) in [5, 5.41) is 3.41. The van der Waals surface area contributed by atoms with E-state index in [4.69, 9.17) is 0 Å². The van der Waals surface area contributed by atoms with Gasteiger partial charge in [-0.25, -0.2) is 0 Å². The van der Waals surface area contributed by atoms with Crippen LogP contribution in [-0.2, 0) is 11.2 Å². The first-order chi connectivity index (χ1) is 9.66. The Hall–Kier alpha value is -1.51. The maximum absolute atomic E-state index is 12.9. The maximum atomic E-state index is 12.9. The smallest absolute Gasteiger partial charge is 0.228 e. The van der Waals surface area contributed by atoms with Crippen molar-refractivity contribution in [3.8, 4) is 0 Å². The van der Waals surface area contributed by atoms with E-state index in [1.807, 2.05) is 6.07 Å². The summed E-state index contributed by atoms with van der Waals surface area (Å²) in [7, 11) is 0. The molecule has 0 spiro atoms. The standard InChI is InChI=1S/C17H24N2O/c1-12-6-5-7-13(2)19(12)17(20)15-10-14-8-3-4-9-16(14)18-11-15/h3-4,8-9,12-13,15,18H,5-7,10-11H2,1-2H3/t12-,13+,15?. The predicted molar refractivity (Wildman–Crippen MR) is 81.7 cm³/mol. The van der Waals surface area contributed by atoms with E-state index in [9.17, 15) is 4.79 Å². The molecule has 3 nitrogen and oxygen atoms in total. The summed E-state index contributed by atoms with van der Waals surface area (Å²) in [5.41, 5.74) is 2.46. The van der Waals surface area contributed by atoms with E-state index in [1.54, 1.807) is 0 Å². The van der Waals surface area contributed by atoms with E-state index in [1.165, 1.54) is 17.7 Å². The van der Waals surface area contributed by atoms with E-state index in [2.05, 4.69) is 42.3 Å². The fourth-order valence-corrected chi connectivity index (χ4v) is 3.68. The third-order valence-corrected chi connectivity index (χ3v) is 4.82. The summed E-state index contributed by atoms with van der Waals surface area (Å²) in [5.74, 6) is 0.430. The van der Waals surface area contributed by atoms with Crippen molar-refractivity contribution in [2.45, 2.75) is 51.6 Å². The summed E-state index contributed by atoms with van der Waals surface area (Å²) in [6.07, 6.45) is 4.41. The van der Waals surface area contributed by atoms with Crippen molar-refractivity contribution in [3.05, 3.63) is 29.8 Å². The van der Waals surface area contributed by atoms with Gasteiger partial charge in [0.25, 0.3) is 0 Å². The number of amides is 1. The first-order valence-corrected chi connectivity index (χ1v) is 7.80. The monoisotopic (exact) mass is 272 g/mol. The molecule has 0 radical (unpaired) electrons. The van der Waals surface area contributed by atoms with Crippen molar-refractivity contribution in [3.63, 3.8) is 0 Å². The molecule has 2 heterocycles. The summed E-state index contributed by atoms with van der Waals surface area (Å²) < 4.78 is 0. The highest BCUT2D eigenvalue weighted by molar-refractivity contribution is 5.81. The molecule has 3 heteroatoms. The van der Waals surface area contributed by atoms with Crippen LogP contribution in [0.5, 0.6) is 0 Å². The number of hydrogen-bond acceptors (Lipinski definition) is 2. The Kier molecular flexibility index (Phi) is 3.68. The third-order valence-electron chi connectivity index (χ3n) is 4.82. The predicted octanol–water partition coefficient (Wildman–Crippen LogP) is 3.06. The van der Waals surface area contributed by atoms with Crippen LogP contribution in [0.1, 0.15) is 38.7 Å². The molecule has 0 aromatic heterocycles. The molecule has 0 aliphatic carbocycles. The largest absolute Gasteiger partial charge is 0.384 e. The molecule has 0 saturated carbocycles. The Morgan fingerprint density at radius 2 is 1.90 bits per heavy atom. The minimum Gasteiger partial charge on any atom is -0.384 e. The zero-order chi connectivity index (χ0) is 14.1. The van der Waals surface area contributed by atoms with E-state index < -0.39 is 0 Å². The van der Waals surface area contributed by atoms with Gasteiger partial charge in [0, 0.05) is 24.3 Å². The molecule has 2 aliphatic rings. The normalized spacial score (nSPS) is 29.5. The Labute approximate surface area is 121 Å². The van der Waals surface area contributed by atoms with Crippen LogP contribution >= 0.6 is 0 Å². The van der Waals surface area contributed by atoms with Gasteiger partial charge in [-0.1, -0.05) is 18.2 Å². The summed E-state index contributed by atoms with van der Waals surface area (Å²) >= 11 is 0. The Morgan fingerprint density at radius 3 is 2.65 bits per heavy atom. The van der Waals surface area contributed by atoms with Gasteiger partial charge in [-0.3, -0.25) is 4.79 Å². The summed E-state index contributed by atoms with van der Waals surface area (Å²) in [6, 6.07) is 9.11. The molecule has 3 atom stereocenters.